The average Bonchev–Trinajstić information content (AvgIpc) is 1.97. The van der Waals surface area contributed by atoms with E-state index in [1.54, 1.807) is 7.11 Å². The molecule has 0 aromatic rings. The van der Waals surface area contributed by atoms with Crippen LogP contribution in [0.5, 0.6) is 0 Å². The molecule has 0 bridgehead atoms. The summed E-state index contributed by atoms with van der Waals surface area (Å²) in [5.41, 5.74) is 0. The van der Waals surface area contributed by atoms with Crippen molar-refractivity contribution in [3.63, 3.8) is 0 Å². The molecule has 76 valence electrons. The number of rotatable bonds is 5. The lowest BCUT2D eigenvalue weighted by atomic mass is 9.67. The molecule has 3 heteroatoms. The van der Waals surface area contributed by atoms with E-state index in [2.05, 4.69) is 6.92 Å². The van der Waals surface area contributed by atoms with Gasteiger partial charge in [0.15, 0.2) is 0 Å². The lowest BCUT2D eigenvalue weighted by molar-refractivity contribution is -0.149. The lowest BCUT2D eigenvalue weighted by Crippen LogP contribution is -2.37. The molecule has 1 rings (SSSR count). The molecule has 1 aliphatic carbocycles. The van der Waals surface area contributed by atoms with Crippen LogP contribution < -0.4 is 0 Å². The summed E-state index contributed by atoms with van der Waals surface area (Å²) in [6, 6.07) is 0. The van der Waals surface area contributed by atoms with E-state index in [1.807, 2.05) is 0 Å². The van der Waals surface area contributed by atoms with Crippen molar-refractivity contribution < 1.29 is 14.6 Å². The first kappa shape index (κ1) is 10.5. The molecule has 1 fully saturated rings. The number of hydrogen-bond acceptors (Lipinski definition) is 2. The highest BCUT2D eigenvalue weighted by Crippen LogP contribution is 2.40. The van der Waals surface area contributed by atoms with Gasteiger partial charge in [0.2, 0.25) is 0 Å². The molecule has 0 radical (unpaired) electrons. The number of carboxylic acid groups (broad SMARTS) is 1. The van der Waals surface area contributed by atoms with Crippen LogP contribution in [-0.4, -0.2) is 24.8 Å². The topological polar surface area (TPSA) is 46.5 Å². The summed E-state index contributed by atoms with van der Waals surface area (Å²) in [6.45, 7) is 2.86. The fraction of sp³-hybridized carbons (Fsp3) is 0.900. The van der Waals surface area contributed by atoms with Gasteiger partial charge in [0.1, 0.15) is 0 Å². The Morgan fingerprint density at radius 3 is 2.69 bits per heavy atom. The van der Waals surface area contributed by atoms with Crippen molar-refractivity contribution in [2.75, 3.05) is 13.7 Å². The average molecular weight is 186 g/mol. The third-order valence-corrected chi connectivity index (χ3v) is 3.15. The van der Waals surface area contributed by atoms with Crippen LogP contribution in [0.1, 0.15) is 26.2 Å². The number of hydrogen-bond donors (Lipinski definition) is 1. The Hall–Kier alpha value is -0.570. The Morgan fingerprint density at radius 2 is 2.31 bits per heavy atom. The number of aliphatic carboxylic acids is 1. The van der Waals surface area contributed by atoms with E-state index < -0.39 is 5.97 Å². The van der Waals surface area contributed by atoms with Crippen molar-refractivity contribution in [3.05, 3.63) is 0 Å². The highest BCUT2D eigenvalue weighted by Gasteiger charge is 2.39. The zero-order valence-corrected chi connectivity index (χ0v) is 8.32. The zero-order chi connectivity index (χ0) is 9.84. The Bertz CT molecular complexity index is 179. The molecule has 13 heavy (non-hydrogen) atoms. The fourth-order valence-electron chi connectivity index (χ4n) is 2.03. The summed E-state index contributed by atoms with van der Waals surface area (Å²) >= 11 is 0. The van der Waals surface area contributed by atoms with Gasteiger partial charge in [-0.15, -0.1) is 0 Å². The van der Waals surface area contributed by atoms with Gasteiger partial charge in [-0.25, -0.2) is 0 Å². The first-order valence-electron chi connectivity index (χ1n) is 4.88. The summed E-state index contributed by atoms with van der Waals surface area (Å²) < 4.78 is 4.98. The molecule has 1 aliphatic rings. The Morgan fingerprint density at radius 1 is 1.62 bits per heavy atom. The number of carboxylic acids is 1. The molecule has 0 amide bonds. The van der Waals surface area contributed by atoms with E-state index in [9.17, 15) is 4.79 Å². The molecule has 1 saturated carbocycles. The highest BCUT2D eigenvalue weighted by molar-refractivity contribution is 5.71. The van der Waals surface area contributed by atoms with Crippen LogP contribution in [0.2, 0.25) is 0 Å². The van der Waals surface area contributed by atoms with Gasteiger partial charge in [-0.2, -0.15) is 0 Å². The van der Waals surface area contributed by atoms with Gasteiger partial charge < -0.3 is 9.84 Å². The summed E-state index contributed by atoms with van der Waals surface area (Å²) in [4.78, 5) is 10.7. The molecule has 3 nitrogen and oxygen atoms in total. The summed E-state index contributed by atoms with van der Waals surface area (Å²) in [6.07, 6.45) is 2.91. The largest absolute Gasteiger partial charge is 0.481 e. The predicted octanol–water partition coefficient (Wildman–Crippen LogP) is 1.77. The van der Waals surface area contributed by atoms with Crippen LogP contribution in [0.15, 0.2) is 0 Å². The normalized spacial score (nSPS) is 29.4. The SMILES string of the molecule is COCCC(C)C1CCC1C(=O)O. The van der Waals surface area contributed by atoms with E-state index in [4.69, 9.17) is 9.84 Å². The molecule has 3 unspecified atom stereocenters. The number of methoxy groups -OCH3 is 1. The third kappa shape index (κ3) is 2.44. The summed E-state index contributed by atoms with van der Waals surface area (Å²) in [7, 11) is 1.68. The standard InChI is InChI=1S/C10H18O3/c1-7(5-6-13-2)8-3-4-9(8)10(11)12/h7-9H,3-6H2,1-2H3,(H,11,12). The highest BCUT2D eigenvalue weighted by atomic mass is 16.5. The lowest BCUT2D eigenvalue weighted by Gasteiger charge is -2.37. The van der Waals surface area contributed by atoms with Crippen molar-refractivity contribution in [2.45, 2.75) is 26.2 Å². The smallest absolute Gasteiger partial charge is 0.306 e. The van der Waals surface area contributed by atoms with E-state index in [1.165, 1.54) is 0 Å². The first-order chi connectivity index (χ1) is 6.16. The van der Waals surface area contributed by atoms with Gasteiger partial charge >= 0.3 is 5.97 Å². The van der Waals surface area contributed by atoms with Crippen LogP contribution in [0.3, 0.4) is 0 Å². The minimum atomic E-state index is -0.625. The Kier molecular flexibility index (Phi) is 3.72. The van der Waals surface area contributed by atoms with Gasteiger partial charge in [-0.3, -0.25) is 4.79 Å². The van der Waals surface area contributed by atoms with Crippen molar-refractivity contribution in [1.82, 2.24) is 0 Å². The Balaban J connectivity index is 2.30. The van der Waals surface area contributed by atoms with Gasteiger partial charge in [0, 0.05) is 13.7 Å². The minimum Gasteiger partial charge on any atom is -0.481 e. The third-order valence-electron chi connectivity index (χ3n) is 3.15. The van der Waals surface area contributed by atoms with E-state index in [0.717, 1.165) is 25.9 Å². The van der Waals surface area contributed by atoms with Crippen LogP contribution >= 0.6 is 0 Å². The number of carbonyl (C=O) groups is 1. The van der Waals surface area contributed by atoms with Crippen LogP contribution in [0.25, 0.3) is 0 Å². The van der Waals surface area contributed by atoms with E-state index in [-0.39, 0.29) is 5.92 Å². The minimum absolute atomic E-state index is 0.0909. The van der Waals surface area contributed by atoms with Crippen molar-refractivity contribution in [2.24, 2.45) is 17.8 Å². The molecule has 0 aromatic heterocycles. The molecule has 0 heterocycles. The van der Waals surface area contributed by atoms with Crippen molar-refractivity contribution >= 4 is 5.97 Å². The second-order valence-corrected chi connectivity index (χ2v) is 3.94. The molecule has 0 aromatic carbocycles. The second-order valence-electron chi connectivity index (χ2n) is 3.94. The monoisotopic (exact) mass is 186 g/mol. The van der Waals surface area contributed by atoms with E-state index >= 15 is 0 Å². The summed E-state index contributed by atoms with van der Waals surface area (Å²) in [5, 5.41) is 8.85. The second kappa shape index (κ2) is 4.61. The quantitative estimate of drug-likeness (QED) is 0.711. The molecular weight excluding hydrogens is 168 g/mol. The maximum atomic E-state index is 10.7. The molecule has 0 spiro atoms. The van der Waals surface area contributed by atoms with Crippen LogP contribution in [-0.2, 0) is 9.53 Å². The number of ether oxygens (including phenoxy) is 1. The maximum absolute atomic E-state index is 10.7. The van der Waals surface area contributed by atoms with Crippen LogP contribution in [0.4, 0.5) is 0 Å². The molecule has 3 atom stereocenters. The van der Waals surface area contributed by atoms with Crippen LogP contribution in [0, 0.1) is 17.8 Å². The zero-order valence-electron chi connectivity index (χ0n) is 8.32. The summed E-state index contributed by atoms with van der Waals surface area (Å²) in [5.74, 6) is 0.148. The van der Waals surface area contributed by atoms with Crippen molar-refractivity contribution in [3.8, 4) is 0 Å². The van der Waals surface area contributed by atoms with Gasteiger partial charge in [-0.05, 0) is 31.1 Å². The van der Waals surface area contributed by atoms with Crippen molar-refractivity contribution in [1.29, 1.82) is 0 Å². The molecular formula is C10H18O3. The first-order valence-corrected chi connectivity index (χ1v) is 4.88. The van der Waals surface area contributed by atoms with E-state index in [0.29, 0.717) is 11.8 Å². The molecule has 0 aliphatic heterocycles. The molecule has 1 N–H and O–H groups in total. The predicted molar refractivity (Wildman–Crippen MR) is 49.5 cm³/mol. The van der Waals surface area contributed by atoms with Gasteiger partial charge in [-0.1, -0.05) is 6.92 Å². The maximum Gasteiger partial charge on any atom is 0.306 e. The molecule has 0 saturated heterocycles. The fourth-order valence-corrected chi connectivity index (χ4v) is 2.03. The van der Waals surface area contributed by atoms with Gasteiger partial charge in [0.05, 0.1) is 5.92 Å². The van der Waals surface area contributed by atoms with Gasteiger partial charge in [0.25, 0.3) is 0 Å². The Labute approximate surface area is 79.1 Å².